The number of aromatic nitrogens is 3. The Morgan fingerprint density at radius 1 is 0.900 bits per heavy atom. The molecular formula is C15H10N4S. The Balaban J connectivity index is 1.91. The second-order valence-electron chi connectivity index (χ2n) is 4.25. The van der Waals surface area contributed by atoms with Gasteiger partial charge in [-0.2, -0.15) is 10.4 Å². The molecular weight excluding hydrogens is 268 g/mol. The van der Waals surface area contributed by atoms with E-state index in [1.54, 1.807) is 0 Å². The molecule has 0 aliphatic rings. The van der Waals surface area contributed by atoms with Crippen LogP contribution in [0.3, 0.4) is 0 Å². The molecule has 0 amide bonds. The molecule has 0 saturated carbocycles. The third kappa shape index (κ3) is 2.42. The van der Waals surface area contributed by atoms with Gasteiger partial charge in [-0.25, -0.2) is 4.98 Å². The van der Waals surface area contributed by atoms with E-state index in [4.69, 9.17) is 5.26 Å². The molecule has 3 rings (SSSR count). The van der Waals surface area contributed by atoms with E-state index in [9.17, 15) is 0 Å². The van der Waals surface area contributed by atoms with Gasteiger partial charge in [-0.05, 0) is 23.3 Å². The zero-order valence-corrected chi connectivity index (χ0v) is 11.3. The smallest absolute Gasteiger partial charge is 0.182 e. The number of nitrogens with one attached hydrogen (secondary N) is 1. The molecule has 0 bridgehead atoms. The number of hydrogen-bond donors (Lipinski definition) is 2. The lowest BCUT2D eigenvalue weighted by Crippen LogP contribution is -1.83. The average molecular weight is 278 g/mol. The third-order valence-electron chi connectivity index (χ3n) is 2.96. The highest BCUT2D eigenvalue weighted by atomic mass is 32.1. The van der Waals surface area contributed by atoms with Crippen molar-refractivity contribution in [3.63, 3.8) is 0 Å². The van der Waals surface area contributed by atoms with Crippen LogP contribution in [-0.4, -0.2) is 15.2 Å². The minimum atomic E-state index is 0.496. The number of nitriles is 1. The molecule has 20 heavy (non-hydrogen) atoms. The van der Waals surface area contributed by atoms with E-state index >= 15 is 0 Å². The molecule has 2 aromatic carbocycles. The Morgan fingerprint density at radius 3 is 1.95 bits per heavy atom. The molecule has 1 N–H and O–H groups in total. The van der Waals surface area contributed by atoms with Crippen molar-refractivity contribution < 1.29 is 0 Å². The maximum absolute atomic E-state index is 8.79. The van der Waals surface area contributed by atoms with Gasteiger partial charge >= 0.3 is 0 Å². The minimum Gasteiger partial charge on any atom is -0.254 e. The lowest BCUT2D eigenvalue weighted by Gasteiger charge is -2.02. The first-order valence-electron chi connectivity index (χ1n) is 5.98. The summed E-state index contributed by atoms with van der Waals surface area (Å²) in [5.74, 6) is 0.626. The number of hydrogen-bond acceptors (Lipinski definition) is 4. The number of rotatable bonds is 2. The van der Waals surface area contributed by atoms with Gasteiger partial charge in [0.2, 0.25) is 0 Å². The average Bonchev–Trinajstić information content (AvgIpc) is 2.94. The van der Waals surface area contributed by atoms with Gasteiger partial charge in [-0.3, -0.25) is 5.10 Å². The summed E-state index contributed by atoms with van der Waals surface area (Å²) in [4.78, 5) is 4.17. The predicted molar refractivity (Wildman–Crippen MR) is 79.2 cm³/mol. The van der Waals surface area contributed by atoms with Crippen molar-refractivity contribution in [2.75, 3.05) is 0 Å². The van der Waals surface area contributed by atoms with Crippen LogP contribution in [0.4, 0.5) is 0 Å². The monoisotopic (exact) mass is 278 g/mol. The van der Waals surface area contributed by atoms with Crippen LogP contribution in [0.15, 0.2) is 53.7 Å². The number of aromatic amines is 1. The summed E-state index contributed by atoms with van der Waals surface area (Å²) in [6, 6.07) is 17.5. The van der Waals surface area contributed by atoms with Crippen LogP contribution in [0, 0.1) is 11.3 Å². The standard InChI is InChI=1S/C15H10N4S/c16-9-10-1-3-11(4-2-10)12-5-7-13(8-6-12)14-17-15(20)19-18-14/h1-8H,(H2,17,18,19,20). The quantitative estimate of drug-likeness (QED) is 0.707. The SMILES string of the molecule is N#Cc1ccc(-c2ccc(-c3n[nH]c(S)n3)cc2)cc1. The zero-order chi connectivity index (χ0) is 13.9. The molecule has 0 radical (unpaired) electrons. The molecule has 1 heterocycles. The molecule has 4 nitrogen and oxygen atoms in total. The van der Waals surface area contributed by atoms with E-state index in [1.807, 2.05) is 48.5 Å². The summed E-state index contributed by atoms with van der Waals surface area (Å²) in [6.07, 6.45) is 0. The summed E-state index contributed by atoms with van der Waals surface area (Å²) >= 11 is 4.10. The van der Waals surface area contributed by atoms with Crippen molar-refractivity contribution in [1.82, 2.24) is 15.2 Å². The lowest BCUT2D eigenvalue weighted by molar-refractivity contribution is 0.980. The fourth-order valence-electron chi connectivity index (χ4n) is 1.93. The molecule has 1 aromatic heterocycles. The maximum Gasteiger partial charge on any atom is 0.182 e. The molecule has 0 atom stereocenters. The van der Waals surface area contributed by atoms with Crippen LogP contribution in [-0.2, 0) is 0 Å². The normalized spacial score (nSPS) is 10.2. The highest BCUT2D eigenvalue weighted by Gasteiger charge is 2.04. The molecule has 0 saturated heterocycles. The molecule has 0 aliphatic carbocycles. The zero-order valence-electron chi connectivity index (χ0n) is 10.4. The topological polar surface area (TPSA) is 65.4 Å². The van der Waals surface area contributed by atoms with Gasteiger partial charge < -0.3 is 0 Å². The van der Waals surface area contributed by atoms with Gasteiger partial charge in [-0.1, -0.05) is 36.4 Å². The molecule has 0 unspecified atom stereocenters. The first-order valence-corrected chi connectivity index (χ1v) is 6.43. The van der Waals surface area contributed by atoms with Gasteiger partial charge in [0, 0.05) is 5.56 Å². The van der Waals surface area contributed by atoms with E-state index in [1.165, 1.54) is 0 Å². The van der Waals surface area contributed by atoms with Crippen molar-refractivity contribution in [1.29, 1.82) is 5.26 Å². The summed E-state index contributed by atoms with van der Waals surface area (Å²) in [6.45, 7) is 0. The van der Waals surface area contributed by atoms with E-state index in [0.717, 1.165) is 16.7 Å². The number of thiol groups is 1. The lowest BCUT2D eigenvalue weighted by atomic mass is 10.0. The van der Waals surface area contributed by atoms with Crippen LogP contribution >= 0.6 is 12.6 Å². The molecule has 0 aliphatic heterocycles. The highest BCUT2D eigenvalue weighted by Crippen LogP contribution is 2.23. The van der Waals surface area contributed by atoms with Crippen LogP contribution in [0.25, 0.3) is 22.5 Å². The first kappa shape index (κ1) is 12.5. The summed E-state index contributed by atoms with van der Waals surface area (Å²) in [7, 11) is 0. The molecule has 3 aromatic rings. The Hall–Kier alpha value is -2.58. The molecule has 0 fully saturated rings. The Kier molecular flexibility index (Phi) is 3.23. The van der Waals surface area contributed by atoms with E-state index in [2.05, 4.69) is 33.9 Å². The van der Waals surface area contributed by atoms with E-state index in [0.29, 0.717) is 16.5 Å². The van der Waals surface area contributed by atoms with Crippen LogP contribution in [0.1, 0.15) is 5.56 Å². The van der Waals surface area contributed by atoms with Crippen LogP contribution in [0.2, 0.25) is 0 Å². The Bertz CT molecular complexity index is 767. The predicted octanol–water partition coefficient (Wildman–Crippen LogP) is 3.30. The van der Waals surface area contributed by atoms with E-state index in [-0.39, 0.29) is 0 Å². The van der Waals surface area contributed by atoms with Crippen molar-refractivity contribution in [3.05, 3.63) is 54.1 Å². The second kappa shape index (κ2) is 5.19. The molecule has 5 heteroatoms. The van der Waals surface area contributed by atoms with E-state index < -0.39 is 0 Å². The Labute approximate surface area is 121 Å². The fourth-order valence-corrected chi connectivity index (χ4v) is 2.08. The summed E-state index contributed by atoms with van der Waals surface area (Å²) in [5.41, 5.74) is 3.74. The van der Waals surface area contributed by atoms with Crippen molar-refractivity contribution in [2.24, 2.45) is 0 Å². The molecule has 96 valence electrons. The fraction of sp³-hybridized carbons (Fsp3) is 0. The van der Waals surface area contributed by atoms with Crippen molar-refractivity contribution in [2.45, 2.75) is 5.16 Å². The van der Waals surface area contributed by atoms with Gasteiger partial charge in [0.25, 0.3) is 0 Å². The Morgan fingerprint density at radius 2 is 1.45 bits per heavy atom. The second-order valence-corrected chi connectivity index (χ2v) is 4.67. The van der Waals surface area contributed by atoms with Gasteiger partial charge in [0.1, 0.15) is 0 Å². The third-order valence-corrected chi connectivity index (χ3v) is 3.16. The summed E-state index contributed by atoms with van der Waals surface area (Å²) in [5, 5.41) is 16.0. The molecule has 0 spiro atoms. The number of H-pyrrole nitrogens is 1. The minimum absolute atomic E-state index is 0.496. The van der Waals surface area contributed by atoms with Gasteiger partial charge in [0.15, 0.2) is 11.0 Å². The number of benzene rings is 2. The highest BCUT2D eigenvalue weighted by molar-refractivity contribution is 7.80. The van der Waals surface area contributed by atoms with Gasteiger partial charge in [-0.15, -0.1) is 12.6 Å². The largest absolute Gasteiger partial charge is 0.254 e. The van der Waals surface area contributed by atoms with Crippen LogP contribution < -0.4 is 0 Å². The van der Waals surface area contributed by atoms with Crippen molar-refractivity contribution in [3.8, 4) is 28.6 Å². The van der Waals surface area contributed by atoms with Crippen LogP contribution in [0.5, 0.6) is 0 Å². The van der Waals surface area contributed by atoms with Gasteiger partial charge in [0.05, 0.1) is 11.6 Å². The maximum atomic E-state index is 8.79. The first-order chi connectivity index (χ1) is 9.76. The van der Waals surface area contributed by atoms with Crippen molar-refractivity contribution >= 4 is 12.6 Å². The summed E-state index contributed by atoms with van der Waals surface area (Å²) < 4.78 is 0. The number of nitrogens with zero attached hydrogens (tertiary/aromatic N) is 3.